The molecule has 2 N–H and O–H groups in total. The molecule has 27 heavy (non-hydrogen) atoms. The van der Waals surface area contributed by atoms with Crippen LogP contribution < -0.4 is 10.6 Å². The number of nitrogens with one attached hydrogen (secondary N) is 2. The van der Waals surface area contributed by atoms with E-state index in [9.17, 15) is 9.59 Å². The molecule has 0 heterocycles. The Kier molecular flexibility index (Phi) is 14.0. The first-order valence-electron chi connectivity index (χ1n) is 10.8. The molecule has 1 aromatic rings. The van der Waals surface area contributed by atoms with Gasteiger partial charge in [-0.2, -0.15) is 0 Å². The maximum Gasteiger partial charge on any atom is 0.251 e. The second-order valence-electron chi connectivity index (χ2n) is 7.29. The highest BCUT2D eigenvalue weighted by Gasteiger charge is 2.06. The van der Waals surface area contributed by atoms with Crippen LogP contribution in [0.5, 0.6) is 0 Å². The van der Waals surface area contributed by atoms with Gasteiger partial charge in [0.05, 0.1) is 6.54 Å². The molecule has 0 atom stereocenters. The van der Waals surface area contributed by atoms with Crippen LogP contribution in [-0.2, 0) is 4.79 Å². The van der Waals surface area contributed by atoms with Crippen molar-refractivity contribution in [1.29, 1.82) is 0 Å². The zero-order valence-electron chi connectivity index (χ0n) is 17.1. The normalized spacial score (nSPS) is 10.6. The fourth-order valence-corrected chi connectivity index (χ4v) is 3.11. The quantitative estimate of drug-likeness (QED) is 0.389. The third kappa shape index (κ3) is 13.0. The first kappa shape index (κ1) is 23.2. The van der Waals surface area contributed by atoms with Crippen LogP contribution in [0.4, 0.5) is 0 Å². The summed E-state index contributed by atoms with van der Waals surface area (Å²) in [6.45, 7) is 2.98. The molecule has 1 aromatic carbocycles. The first-order valence-corrected chi connectivity index (χ1v) is 10.8. The van der Waals surface area contributed by atoms with Crippen molar-refractivity contribution in [1.82, 2.24) is 10.6 Å². The van der Waals surface area contributed by atoms with Crippen molar-refractivity contribution in [2.24, 2.45) is 0 Å². The molecule has 0 radical (unpaired) electrons. The second kappa shape index (κ2) is 16.3. The number of hydrogen-bond acceptors (Lipinski definition) is 2. The number of carbonyl (C=O) groups is 2. The molecule has 0 aliphatic carbocycles. The molecule has 0 saturated heterocycles. The van der Waals surface area contributed by atoms with Crippen LogP contribution in [-0.4, -0.2) is 24.9 Å². The lowest BCUT2D eigenvalue weighted by Crippen LogP contribution is -2.37. The van der Waals surface area contributed by atoms with Crippen LogP contribution in [0.25, 0.3) is 0 Å². The fraction of sp³-hybridized carbons (Fsp3) is 0.652. The van der Waals surface area contributed by atoms with Crippen LogP contribution in [0.3, 0.4) is 0 Å². The summed E-state index contributed by atoms with van der Waals surface area (Å²) in [6.07, 6.45) is 15.7. The molecule has 0 aliphatic rings. The van der Waals surface area contributed by atoms with Gasteiger partial charge in [-0.05, 0) is 18.6 Å². The third-order valence-corrected chi connectivity index (χ3v) is 4.80. The highest BCUT2D eigenvalue weighted by atomic mass is 16.2. The van der Waals surface area contributed by atoms with Gasteiger partial charge < -0.3 is 10.6 Å². The molecule has 0 aromatic heterocycles. The summed E-state index contributed by atoms with van der Waals surface area (Å²) >= 11 is 0. The average molecular weight is 375 g/mol. The van der Waals surface area contributed by atoms with E-state index in [1.54, 1.807) is 12.1 Å². The molecule has 0 unspecified atom stereocenters. The maximum atomic E-state index is 11.8. The van der Waals surface area contributed by atoms with Crippen molar-refractivity contribution in [3.05, 3.63) is 35.9 Å². The number of rotatable bonds is 16. The lowest BCUT2D eigenvalue weighted by Gasteiger charge is -2.07. The zero-order chi connectivity index (χ0) is 19.6. The lowest BCUT2D eigenvalue weighted by atomic mass is 10.1. The van der Waals surface area contributed by atoms with E-state index < -0.39 is 0 Å². The van der Waals surface area contributed by atoms with Crippen LogP contribution >= 0.6 is 0 Å². The summed E-state index contributed by atoms with van der Waals surface area (Å²) in [4.78, 5) is 23.6. The predicted molar refractivity (Wildman–Crippen MR) is 113 cm³/mol. The van der Waals surface area contributed by atoms with Crippen LogP contribution in [0, 0.1) is 0 Å². The van der Waals surface area contributed by atoms with Gasteiger partial charge in [0.25, 0.3) is 5.91 Å². The Bertz CT molecular complexity index is 502. The standard InChI is InChI=1S/C23H38N2O2/c1-2-3-4-5-6-7-8-9-10-11-12-16-19-24-22(26)20-25-23(27)21-17-14-13-15-18-21/h13-15,17-18H,2-12,16,19-20H2,1H3,(H,24,26)(H,25,27). The average Bonchev–Trinajstić information content (AvgIpc) is 2.70. The van der Waals surface area contributed by atoms with Crippen molar-refractivity contribution < 1.29 is 9.59 Å². The summed E-state index contributed by atoms with van der Waals surface area (Å²) in [5.74, 6) is -0.335. The summed E-state index contributed by atoms with van der Waals surface area (Å²) in [7, 11) is 0. The molecule has 0 spiro atoms. The fourth-order valence-electron chi connectivity index (χ4n) is 3.11. The zero-order valence-corrected chi connectivity index (χ0v) is 17.1. The van der Waals surface area contributed by atoms with E-state index in [-0.39, 0.29) is 18.4 Å². The Balaban J connectivity index is 1.86. The minimum atomic E-state index is -0.212. The van der Waals surface area contributed by atoms with E-state index in [1.807, 2.05) is 18.2 Å². The molecule has 0 fully saturated rings. The van der Waals surface area contributed by atoms with Gasteiger partial charge in [-0.15, -0.1) is 0 Å². The van der Waals surface area contributed by atoms with Gasteiger partial charge in [-0.3, -0.25) is 9.59 Å². The van der Waals surface area contributed by atoms with E-state index in [0.29, 0.717) is 12.1 Å². The SMILES string of the molecule is CCCCCCCCCCCCCCNC(=O)CNC(=O)c1ccccc1. The highest BCUT2D eigenvalue weighted by Crippen LogP contribution is 2.11. The van der Waals surface area contributed by atoms with Crippen LogP contribution in [0.1, 0.15) is 94.3 Å². The Morgan fingerprint density at radius 3 is 1.78 bits per heavy atom. The van der Waals surface area contributed by atoms with E-state index in [0.717, 1.165) is 12.8 Å². The van der Waals surface area contributed by atoms with Crippen molar-refractivity contribution in [3.63, 3.8) is 0 Å². The smallest absolute Gasteiger partial charge is 0.251 e. The Morgan fingerprint density at radius 1 is 0.704 bits per heavy atom. The Labute approximate surface area is 165 Å². The molecular formula is C23H38N2O2. The van der Waals surface area contributed by atoms with Gasteiger partial charge in [0.2, 0.25) is 5.91 Å². The number of amides is 2. The number of hydrogen-bond donors (Lipinski definition) is 2. The van der Waals surface area contributed by atoms with Gasteiger partial charge in [-0.1, -0.05) is 95.8 Å². The van der Waals surface area contributed by atoms with Crippen LogP contribution in [0.15, 0.2) is 30.3 Å². The lowest BCUT2D eigenvalue weighted by molar-refractivity contribution is -0.120. The molecule has 4 heteroatoms. The van der Waals surface area contributed by atoms with Gasteiger partial charge in [-0.25, -0.2) is 0 Å². The number of unbranched alkanes of at least 4 members (excludes halogenated alkanes) is 11. The summed E-state index contributed by atoms with van der Waals surface area (Å²) < 4.78 is 0. The predicted octanol–water partition coefficient (Wildman–Crippen LogP) is 5.23. The highest BCUT2D eigenvalue weighted by molar-refractivity contribution is 5.96. The van der Waals surface area contributed by atoms with Crippen molar-refractivity contribution >= 4 is 11.8 Å². The van der Waals surface area contributed by atoms with E-state index >= 15 is 0 Å². The number of carbonyl (C=O) groups excluding carboxylic acids is 2. The van der Waals surface area contributed by atoms with Crippen molar-refractivity contribution in [2.75, 3.05) is 13.1 Å². The molecular weight excluding hydrogens is 336 g/mol. The largest absolute Gasteiger partial charge is 0.355 e. The molecule has 2 amide bonds. The maximum absolute atomic E-state index is 11.8. The van der Waals surface area contributed by atoms with E-state index in [4.69, 9.17) is 0 Å². The van der Waals surface area contributed by atoms with Gasteiger partial charge in [0.1, 0.15) is 0 Å². The van der Waals surface area contributed by atoms with E-state index in [1.165, 1.54) is 64.2 Å². The minimum Gasteiger partial charge on any atom is -0.355 e. The monoisotopic (exact) mass is 374 g/mol. The molecule has 1 rings (SSSR count). The van der Waals surface area contributed by atoms with Gasteiger partial charge >= 0.3 is 0 Å². The van der Waals surface area contributed by atoms with E-state index in [2.05, 4.69) is 17.6 Å². The number of benzene rings is 1. The topological polar surface area (TPSA) is 58.2 Å². The first-order chi connectivity index (χ1) is 13.2. The van der Waals surface area contributed by atoms with Crippen LogP contribution in [0.2, 0.25) is 0 Å². The molecule has 0 aliphatic heterocycles. The summed E-state index contributed by atoms with van der Waals surface area (Å²) in [5, 5.41) is 5.52. The summed E-state index contributed by atoms with van der Waals surface area (Å²) in [5.41, 5.74) is 0.575. The van der Waals surface area contributed by atoms with Gasteiger partial charge in [0, 0.05) is 12.1 Å². The molecule has 4 nitrogen and oxygen atoms in total. The third-order valence-electron chi connectivity index (χ3n) is 4.80. The Hall–Kier alpha value is -1.84. The van der Waals surface area contributed by atoms with Crippen molar-refractivity contribution in [3.8, 4) is 0 Å². The Morgan fingerprint density at radius 2 is 1.22 bits per heavy atom. The van der Waals surface area contributed by atoms with Crippen molar-refractivity contribution in [2.45, 2.75) is 84.0 Å². The molecule has 152 valence electrons. The summed E-state index contributed by atoms with van der Waals surface area (Å²) in [6, 6.07) is 8.95. The minimum absolute atomic E-state index is 0.0337. The molecule has 0 bridgehead atoms. The second-order valence-corrected chi connectivity index (χ2v) is 7.29. The molecule has 0 saturated carbocycles. The van der Waals surface area contributed by atoms with Gasteiger partial charge in [0.15, 0.2) is 0 Å².